The van der Waals surface area contributed by atoms with Crippen LogP contribution in [0, 0.1) is 0 Å². The molecule has 79 heavy (non-hydrogen) atoms. The average Bonchev–Trinajstić information content (AvgIpc) is 4.16. The second-order valence-electron chi connectivity index (χ2n) is 18.6. The monoisotopic (exact) mass is 1120 g/mol. The van der Waals surface area contributed by atoms with E-state index in [4.69, 9.17) is 45.9 Å². The number of amides is 9. The fraction of sp³-hybridized carbons (Fsp3) is 0.667. The first kappa shape index (κ1) is 68.1. The van der Waals surface area contributed by atoms with E-state index in [0.29, 0.717) is 70.3 Å². The number of aliphatic imine (C=N–C) groups is 2. The van der Waals surface area contributed by atoms with Crippen molar-refractivity contribution >= 4 is 64.8 Å². The fourth-order valence-electron chi connectivity index (χ4n) is 7.95. The molecule has 1 aliphatic rings. The minimum Gasteiger partial charge on any atom is -0.391 e. The van der Waals surface area contributed by atoms with Crippen LogP contribution < -0.4 is 83.1 Å². The Morgan fingerprint density at radius 3 is 2.03 bits per heavy atom. The molecule has 0 aromatic carbocycles. The van der Waals surface area contributed by atoms with Crippen LogP contribution >= 0.6 is 0 Å². The lowest BCUT2D eigenvalue weighted by atomic mass is 10.1. The largest absolute Gasteiger partial charge is 0.391 e. The van der Waals surface area contributed by atoms with Crippen LogP contribution in [0.3, 0.4) is 0 Å². The lowest BCUT2D eigenvalue weighted by Gasteiger charge is -2.28. The Morgan fingerprint density at radius 2 is 1.42 bits per heavy atom. The topological polar surface area (TPSA) is 543 Å². The number of likely N-dealkylation sites (tertiary alicyclic amines) is 1. The number of aliphatic hydroxyl groups excluding tert-OH is 2. The molecule has 1 fully saturated rings. The normalized spacial score (nSPS) is 15.8. The highest BCUT2D eigenvalue weighted by Gasteiger charge is 2.39. The number of guanidine groups is 1. The van der Waals surface area contributed by atoms with Crippen molar-refractivity contribution in [1.29, 1.82) is 0 Å². The highest BCUT2D eigenvalue weighted by atomic mass is 16.3. The molecule has 2 rings (SSSR count). The quantitative estimate of drug-likeness (QED) is 0.0126. The summed E-state index contributed by atoms with van der Waals surface area (Å²) < 4.78 is 0. The van der Waals surface area contributed by atoms with Gasteiger partial charge in [0, 0.05) is 51.0 Å². The van der Waals surface area contributed by atoms with E-state index in [1.165, 1.54) is 23.5 Å². The molecule has 444 valence electrons. The summed E-state index contributed by atoms with van der Waals surface area (Å²) in [4.78, 5) is 139. The number of aromatic nitrogens is 2. The summed E-state index contributed by atoms with van der Waals surface area (Å²) in [6.45, 7) is 0.0304. The molecular formula is C48H86N20O11. The Kier molecular flexibility index (Phi) is 33.2. The third-order valence-corrected chi connectivity index (χ3v) is 12.2. The maximum atomic E-state index is 14.4. The van der Waals surface area contributed by atoms with Crippen LogP contribution in [-0.4, -0.2) is 198 Å². The molecule has 0 spiro atoms. The first-order valence-corrected chi connectivity index (χ1v) is 26.6. The van der Waals surface area contributed by atoms with E-state index in [2.05, 4.69) is 57.2 Å². The highest BCUT2D eigenvalue weighted by Crippen LogP contribution is 2.20. The van der Waals surface area contributed by atoms with Crippen LogP contribution in [0.5, 0.6) is 0 Å². The number of carbonyl (C=O) groups excluding carboxylic acids is 9. The number of nitrogens with zero attached hydrogens (tertiary/aromatic N) is 4. The number of aromatic amines is 1. The minimum absolute atomic E-state index is 0.0283. The van der Waals surface area contributed by atoms with Crippen molar-refractivity contribution in [3.63, 3.8) is 0 Å². The summed E-state index contributed by atoms with van der Waals surface area (Å²) in [5.41, 5.74) is 44.6. The standard InChI is InChI=1S/C48H86N20O11/c49-15-3-1-10-31(41(73)58-19-6-5-17-51)63-43(75)33(13-8-20-59-48(55)56)64-42(74)32(11-2-4-16-50)65-44(76)35(22-29-26-57-28-61-29)66-45(77)36-14-9-21-68(36)47(79)34(12-7-18-52)62-39(72)27-60-46(78)40(37(70)25-54)67-38(71)23-30(69)24-53/h13,26,28,30-32,35-37,40,69-70H,1-12,14-25,27,49-54H2,(H,57,61)(H,58,73)(H,60,78)(H,63,75)(H,64,74)(H,65,76)(H,66,77)(H,67,71)(H4,55,56,59)/b33-13-,62-34?/t30-,31+,32+,35+,36+,37+,40+/m1/s1. The molecule has 1 aliphatic heterocycles. The number of carbonyl (C=O) groups is 9. The van der Waals surface area contributed by atoms with Gasteiger partial charge < -0.3 is 103 Å². The molecule has 0 aliphatic carbocycles. The molecule has 0 bridgehead atoms. The number of imidazole rings is 1. The number of hydrogen-bond donors (Lipinski definition) is 18. The van der Waals surface area contributed by atoms with E-state index in [0.717, 1.165) is 0 Å². The highest BCUT2D eigenvalue weighted by molar-refractivity contribution is 6.40. The number of nitrogens with one attached hydrogen (secondary N) is 8. The Bertz CT molecular complexity index is 2190. The van der Waals surface area contributed by atoms with Crippen LogP contribution in [0.2, 0.25) is 0 Å². The smallest absolute Gasteiger partial charge is 0.269 e. The van der Waals surface area contributed by atoms with E-state index < -0.39 is 115 Å². The van der Waals surface area contributed by atoms with E-state index in [1.807, 2.05) is 0 Å². The van der Waals surface area contributed by atoms with Gasteiger partial charge in [0.25, 0.3) is 17.7 Å². The summed E-state index contributed by atoms with van der Waals surface area (Å²) >= 11 is 0. The van der Waals surface area contributed by atoms with Crippen molar-refractivity contribution in [3.8, 4) is 0 Å². The molecule has 0 saturated carbocycles. The Labute approximate surface area is 459 Å². The minimum atomic E-state index is -1.63. The zero-order chi connectivity index (χ0) is 58.7. The molecule has 2 heterocycles. The second-order valence-corrected chi connectivity index (χ2v) is 18.6. The number of aliphatic hydroxyl groups is 2. The number of unbranched alkanes of at least 4 members (excludes halogenated alkanes) is 3. The van der Waals surface area contributed by atoms with Crippen molar-refractivity contribution in [2.45, 2.75) is 139 Å². The van der Waals surface area contributed by atoms with Gasteiger partial charge in [0.1, 0.15) is 41.6 Å². The molecule has 0 unspecified atom stereocenters. The van der Waals surface area contributed by atoms with Crippen LogP contribution in [0.1, 0.15) is 95.6 Å². The summed E-state index contributed by atoms with van der Waals surface area (Å²) in [5.74, 6) is -7.53. The van der Waals surface area contributed by atoms with Crippen LogP contribution in [0.15, 0.2) is 34.3 Å². The molecule has 1 aromatic heterocycles. The summed E-state index contributed by atoms with van der Waals surface area (Å²) in [7, 11) is 0. The molecule has 1 aromatic rings. The van der Waals surface area contributed by atoms with Crippen molar-refractivity contribution < 1.29 is 53.4 Å². The molecular weight excluding hydrogens is 1030 g/mol. The molecule has 0 radical (unpaired) electrons. The molecule has 9 amide bonds. The Morgan fingerprint density at radius 1 is 0.759 bits per heavy atom. The SMILES string of the molecule is NCCCCNC(=O)[C@H](CCCCN)NC(=O)/C(=C/CCN=C(N)N)NC(=O)[C@H](CCCCN)NC(=O)[C@H](Cc1cnc[nH]1)NC(=O)[C@@H]1CCCN1C(=O)C(CCCN)=NC(=O)CNC(=O)[C@@H](NC(=O)C[C@@H](O)CN)[C@@H](O)CN. The van der Waals surface area contributed by atoms with Crippen LogP contribution in [0.4, 0.5) is 0 Å². The lowest BCUT2D eigenvalue weighted by molar-refractivity contribution is -0.136. The second kappa shape index (κ2) is 38.5. The van der Waals surface area contributed by atoms with Gasteiger partial charge in [-0.3, -0.25) is 48.1 Å². The van der Waals surface area contributed by atoms with E-state index >= 15 is 0 Å². The summed E-state index contributed by atoms with van der Waals surface area (Å²) in [6, 6.07) is -6.53. The van der Waals surface area contributed by atoms with Gasteiger partial charge in [0.2, 0.25) is 35.4 Å². The first-order chi connectivity index (χ1) is 37.8. The molecule has 31 nitrogen and oxygen atoms in total. The summed E-state index contributed by atoms with van der Waals surface area (Å²) in [6.07, 6.45) is 4.73. The lowest BCUT2D eigenvalue weighted by Crippen LogP contribution is -2.57. The van der Waals surface area contributed by atoms with Crippen LogP contribution in [0.25, 0.3) is 0 Å². The van der Waals surface area contributed by atoms with Gasteiger partial charge in [-0.15, -0.1) is 0 Å². The Balaban J connectivity index is 2.42. The van der Waals surface area contributed by atoms with Gasteiger partial charge in [-0.1, -0.05) is 6.08 Å². The number of rotatable bonds is 39. The van der Waals surface area contributed by atoms with Gasteiger partial charge in [0.05, 0.1) is 31.5 Å². The first-order valence-electron chi connectivity index (χ1n) is 26.6. The van der Waals surface area contributed by atoms with Gasteiger partial charge >= 0.3 is 0 Å². The van der Waals surface area contributed by atoms with E-state index in [1.54, 1.807) is 0 Å². The summed E-state index contributed by atoms with van der Waals surface area (Å²) in [5, 5.41) is 38.1. The molecule has 31 heteroatoms. The van der Waals surface area contributed by atoms with Gasteiger partial charge in [-0.2, -0.15) is 0 Å². The predicted octanol–water partition coefficient (Wildman–Crippen LogP) is -7.49. The third kappa shape index (κ3) is 26.0. The zero-order valence-corrected chi connectivity index (χ0v) is 44.9. The van der Waals surface area contributed by atoms with Gasteiger partial charge in [0.15, 0.2) is 5.96 Å². The average molecular weight is 1120 g/mol. The third-order valence-electron chi connectivity index (χ3n) is 12.2. The zero-order valence-electron chi connectivity index (χ0n) is 44.9. The number of hydrogen-bond acceptors (Lipinski definition) is 19. The van der Waals surface area contributed by atoms with Gasteiger partial charge in [-0.05, 0) is 110 Å². The van der Waals surface area contributed by atoms with Crippen molar-refractivity contribution in [2.24, 2.45) is 55.9 Å². The number of H-pyrrole nitrogens is 1. The van der Waals surface area contributed by atoms with Gasteiger partial charge in [-0.25, -0.2) is 9.98 Å². The maximum Gasteiger partial charge on any atom is 0.269 e. The molecule has 7 atom stereocenters. The van der Waals surface area contributed by atoms with E-state index in [-0.39, 0.29) is 95.0 Å². The van der Waals surface area contributed by atoms with Crippen molar-refractivity contribution in [1.82, 2.24) is 52.1 Å². The Hall–Kier alpha value is -7.00. The predicted molar refractivity (Wildman–Crippen MR) is 292 cm³/mol. The van der Waals surface area contributed by atoms with E-state index in [9.17, 15) is 53.4 Å². The van der Waals surface area contributed by atoms with Crippen molar-refractivity contribution in [3.05, 3.63) is 30.0 Å². The van der Waals surface area contributed by atoms with Crippen molar-refractivity contribution in [2.75, 3.05) is 65.4 Å². The maximum absolute atomic E-state index is 14.4. The fourth-order valence-corrected chi connectivity index (χ4v) is 7.95. The molecule has 26 N–H and O–H groups in total. The number of nitrogens with two attached hydrogens (primary N) is 8. The molecule has 1 saturated heterocycles. The van der Waals surface area contributed by atoms with Crippen LogP contribution in [-0.2, 0) is 49.6 Å².